The number of halogens is 2. The lowest BCUT2D eigenvalue weighted by Gasteiger charge is -2.11. The maximum atomic E-state index is 12.4. The summed E-state index contributed by atoms with van der Waals surface area (Å²) in [6.07, 6.45) is 1.63. The van der Waals surface area contributed by atoms with Crippen molar-refractivity contribution in [1.29, 1.82) is 0 Å². The number of nitro groups is 1. The summed E-state index contributed by atoms with van der Waals surface area (Å²) < 4.78 is 13.1. The Balaban J connectivity index is 1.60. The maximum Gasteiger partial charge on any atom is 0.363 e. The van der Waals surface area contributed by atoms with Gasteiger partial charge < -0.3 is 9.47 Å². The average Bonchev–Trinajstić information content (AvgIpc) is 3.13. The molecule has 0 aliphatic carbocycles. The van der Waals surface area contributed by atoms with Gasteiger partial charge in [0.1, 0.15) is 12.4 Å². The molecule has 0 saturated heterocycles. The van der Waals surface area contributed by atoms with Gasteiger partial charge in [-0.1, -0.05) is 36.4 Å². The maximum absolute atomic E-state index is 12.4. The topological polar surface area (TPSA) is 91.0 Å². The van der Waals surface area contributed by atoms with Gasteiger partial charge in [0.25, 0.3) is 5.69 Å². The third-order valence-corrected chi connectivity index (χ3v) is 6.51. The van der Waals surface area contributed by atoms with E-state index in [0.29, 0.717) is 17.7 Å². The van der Waals surface area contributed by atoms with Crippen LogP contribution in [0.2, 0.25) is 0 Å². The Labute approximate surface area is 217 Å². The SMILES string of the molecule is Cc1c(C2=N/C(=C\c3cc(I)c(OCc4ccccc4)c(I)c3)C(=O)O2)cccc1[N+](=O)[O-]. The van der Waals surface area contributed by atoms with Crippen molar-refractivity contribution in [2.75, 3.05) is 0 Å². The lowest BCUT2D eigenvalue weighted by atomic mass is 10.1. The Bertz CT molecular complexity index is 1300. The fraction of sp³-hybridized carbons (Fsp3) is 0.0833. The first-order chi connectivity index (χ1) is 15.8. The number of rotatable bonds is 6. The summed E-state index contributed by atoms with van der Waals surface area (Å²) in [5.41, 5.74) is 2.71. The smallest absolute Gasteiger partial charge is 0.363 e. The summed E-state index contributed by atoms with van der Waals surface area (Å²) in [7, 11) is 0. The molecule has 0 bridgehead atoms. The number of nitro benzene ring substituents is 1. The lowest BCUT2D eigenvalue weighted by molar-refractivity contribution is -0.385. The number of carbonyl (C=O) groups is 1. The first-order valence-corrected chi connectivity index (χ1v) is 11.9. The summed E-state index contributed by atoms with van der Waals surface area (Å²) in [4.78, 5) is 27.5. The van der Waals surface area contributed by atoms with Crippen LogP contribution in [0.15, 0.2) is 71.4 Å². The molecule has 0 radical (unpaired) electrons. The summed E-state index contributed by atoms with van der Waals surface area (Å²) in [6.45, 7) is 2.06. The Kier molecular flexibility index (Phi) is 7.08. The van der Waals surface area contributed by atoms with Crippen LogP contribution in [0, 0.1) is 24.2 Å². The van der Waals surface area contributed by atoms with Gasteiger partial charge in [-0.15, -0.1) is 0 Å². The molecule has 0 aromatic heterocycles. The monoisotopic (exact) mass is 666 g/mol. The summed E-state index contributed by atoms with van der Waals surface area (Å²) >= 11 is 4.40. The number of nitrogens with zero attached hydrogens (tertiary/aromatic N) is 2. The van der Waals surface area contributed by atoms with Crippen molar-refractivity contribution >= 4 is 68.8 Å². The lowest BCUT2D eigenvalue weighted by Crippen LogP contribution is -2.08. The van der Waals surface area contributed by atoms with Crippen LogP contribution >= 0.6 is 45.2 Å². The molecule has 9 heteroatoms. The molecule has 0 unspecified atom stereocenters. The molecule has 0 saturated carbocycles. The number of ether oxygens (including phenoxy) is 2. The summed E-state index contributed by atoms with van der Waals surface area (Å²) in [5.74, 6) is 0.220. The van der Waals surface area contributed by atoms with E-state index in [2.05, 4.69) is 50.2 Å². The van der Waals surface area contributed by atoms with Crippen LogP contribution in [-0.4, -0.2) is 16.8 Å². The molecule has 0 N–H and O–H groups in total. The Morgan fingerprint density at radius 1 is 1.09 bits per heavy atom. The van der Waals surface area contributed by atoms with Crippen LogP contribution in [-0.2, 0) is 16.1 Å². The van der Waals surface area contributed by atoms with Crippen molar-refractivity contribution in [3.8, 4) is 5.75 Å². The predicted molar refractivity (Wildman–Crippen MR) is 141 cm³/mol. The van der Waals surface area contributed by atoms with E-state index in [1.165, 1.54) is 12.1 Å². The second-order valence-electron chi connectivity index (χ2n) is 7.13. The van der Waals surface area contributed by atoms with Crippen molar-refractivity contribution in [2.45, 2.75) is 13.5 Å². The minimum absolute atomic E-state index is 0.0552. The molecular weight excluding hydrogens is 650 g/mol. The highest BCUT2D eigenvalue weighted by Crippen LogP contribution is 2.32. The third kappa shape index (κ3) is 5.24. The minimum Gasteiger partial charge on any atom is -0.487 e. The molecule has 0 amide bonds. The molecule has 166 valence electrons. The van der Waals surface area contributed by atoms with Crippen molar-refractivity contribution in [3.05, 3.63) is 106 Å². The second kappa shape index (κ2) is 10.00. The molecule has 1 aliphatic heterocycles. The molecule has 0 atom stereocenters. The average molecular weight is 666 g/mol. The van der Waals surface area contributed by atoms with E-state index < -0.39 is 10.9 Å². The molecule has 33 heavy (non-hydrogen) atoms. The molecule has 1 aliphatic rings. The van der Waals surface area contributed by atoms with E-state index in [-0.39, 0.29) is 17.3 Å². The van der Waals surface area contributed by atoms with E-state index in [1.807, 2.05) is 42.5 Å². The normalized spacial score (nSPS) is 14.2. The molecule has 0 spiro atoms. The largest absolute Gasteiger partial charge is 0.487 e. The standard InChI is InChI=1S/C24H16I2N2O5/c1-14-17(8-5-9-21(14)28(30)31)23-27-20(24(29)33-23)12-16-10-18(25)22(19(26)11-16)32-13-15-6-3-2-4-7-15/h2-12H,13H2,1H3/b20-12-. The van der Waals surface area contributed by atoms with Crippen LogP contribution < -0.4 is 4.74 Å². The number of hydrogen-bond acceptors (Lipinski definition) is 6. The van der Waals surface area contributed by atoms with Gasteiger partial charge in [0.2, 0.25) is 5.90 Å². The third-order valence-electron chi connectivity index (χ3n) is 4.90. The second-order valence-corrected chi connectivity index (χ2v) is 9.46. The number of carbonyl (C=O) groups excluding carboxylic acids is 1. The molecule has 0 fully saturated rings. The number of esters is 1. The Hall–Kier alpha value is -2.80. The van der Waals surface area contributed by atoms with Crippen molar-refractivity contribution in [2.24, 2.45) is 4.99 Å². The van der Waals surface area contributed by atoms with Crippen LogP contribution in [0.4, 0.5) is 5.69 Å². The summed E-state index contributed by atoms with van der Waals surface area (Å²) in [5, 5.41) is 11.2. The zero-order valence-corrected chi connectivity index (χ0v) is 21.6. The molecular formula is C24H16I2N2O5. The predicted octanol–water partition coefficient (Wildman–Crippen LogP) is 6.04. The van der Waals surface area contributed by atoms with Crippen molar-refractivity contribution in [1.82, 2.24) is 0 Å². The molecule has 4 rings (SSSR count). The number of hydrogen-bond donors (Lipinski definition) is 0. The quantitative estimate of drug-likeness (QED) is 0.105. The van der Waals surface area contributed by atoms with Crippen molar-refractivity contribution < 1.29 is 19.2 Å². The number of benzene rings is 3. The van der Waals surface area contributed by atoms with Crippen LogP contribution in [0.3, 0.4) is 0 Å². The Morgan fingerprint density at radius 2 is 1.79 bits per heavy atom. The Morgan fingerprint density at radius 3 is 2.45 bits per heavy atom. The number of aliphatic imine (C=N–C) groups is 1. The highest BCUT2D eigenvalue weighted by molar-refractivity contribution is 14.1. The fourth-order valence-corrected chi connectivity index (χ4v) is 5.39. The van der Waals surface area contributed by atoms with Gasteiger partial charge in [-0.05, 0) is 87.5 Å². The zero-order valence-electron chi connectivity index (χ0n) is 17.2. The van der Waals surface area contributed by atoms with Gasteiger partial charge in [0, 0.05) is 17.2 Å². The minimum atomic E-state index is -0.606. The van der Waals surface area contributed by atoms with Crippen LogP contribution in [0.1, 0.15) is 22.3 Å². The highest BCUT2D eigenvalue weighted by Gasteiger charge is 2.27. The van der Waals surface area contributed by atoms with Gasteiger partial charge in [-0.2, -0.15) is 0 Å². The first-order valence-electron chi connectivity index (χ1n) is 9.76. The van der Waals surface area contributed by atoms with Gasteiger partial charge in [-0.3, -0.25) is 10.1 Å². The van der Waals surface area contributed by atoms with E-state index in [9.17, 15) is 14.9 Å². The number of cyclic esters (lactones) is 1. The van der Waals surface area contributed by atoms with Crippen LogP contribution in [0.25, 0.3) is 6.08 Å². The molecule has 7 nitrogen and oxygen atoms in total. The fourth-order valence-electron chi connectivity index (χ4n) is 3.27. The van der Waals surface area contributed by atoms with E-state index >= 15 is 0 Å². The summed E-state index contributed by atoms with van der Waals surface area (Å²) in [6, 6.07) is 18.3. The molecule has 3 aromatic rings. The van der Waals surface area contributed by atoms with Crippen LogP contribution in [0.5, 0.6) is 5.75 Å². The molecule has 3 aromatic carbocycles. The first kappa shape index (κ1) is 23.4. The van der Waals surface area contributed by atoms with Gasteiger partial charge in [0.05, 0.1) is 12.1 Å². The van der Waals surface area contributed by atoms with Gasteiger partial charge >= 0.3 is 5.97 Å². The molecule has 1 heterocycles. The highest BCUT2D eigenvalue weighted by atomic mass is 127. The van der Waals surface area contributed by atoms with Crippen molar-refractivity contribution in [3.63, 3.8) is 0 Å². The van der Waals surface area contributed by atoms with E-state index in [0.717, 1.165) is 24.0 Å². The van der Waals surface area contributed by atoms with Gasteiger partial charge in [0.15, 0.2) is 5.70 Å². The van der Waals surface area contributed by atoms with E-state index in [1.54, 1.807) is 19.1 Å². The zero-order chi connectivity index (χ0) is 23.5. The van der Waals surface area contributed by atoms with E-state index in [4.69, 9.17) is 9.47 Å². The van der Waals surface area contributed by atoms with Gasteiger partial charge in [-0.25, -0.2) is 9.79 Å².